The van der Waals surface area contributed by atoms with E-state index in [4.69, 9.17) is 5.26 Å². The second-order valence-corrected chi connectivity index (χ2v) is 3.26. The summed E-state index contributed by atoms with van der Waals surface area (Å²) in [5.74, 6) is 0.845. The summed E-state index contributed by atoms with van der Waals surface area (Å²) >= 11 is 0. The second-order valence-electron chi connectivity index (χ2n) is 3.26. The molecule has 3 heteroatoms. The highest BCUT2D eigenvalue weighted by molar-refractivity contribution is 5.85. The minimum absolute atomic E-state index is 0. The number of piperidine rings is 1. The Hall–Kier alpha value is -0.260. The Labute approximate surface area is 80.7 Å². The number of rotatable bonds is 3. The van der Waals surface area contributed by atoms with E-state index in [2.05, 4.69) is 11.4 Å². The molecule has 1 aliphatic rings. The molecule has 1 saturated heterocycles. The lowest BCUT2D eigenvalue weighted by Gasteiger charge is -2.21. The standard InChI is InChI=1S/C9H16N2.ClH/c10-6-2-1-4-9-5-3-7-11-8-9;/h9,11H,1-5,7-8H2;1H. The van der Waals surface area contributed by atoms with Gasteiger partial charge in [-0.25, -0.2) is 0 Å². The lowest BCUT2D eigenvalue weighted by Crippen LogP contribution is -2.29. The molecule has 0 amide bonds. The minimum Gasteiger partial charge on any atom is -0.316 e. The first-order chi connectivity index (χ1) is 5.43. The Morgan fingerprint density at radius 2 is 2.33 bits per heavy atom. The molecule has 1 atom stereocenters. The summed E-state index contributed by atoms with van der Waals surface area (Å²) in [7, 11) is 0. The number of nitriles is 1. The molecule has 0 aromatic rings. The lowest BCUT2D eigenvalue weighted by atomic mass is 9.94. The van der Waals surface area contributed by atoms with Crippen LogP contribution in [0.15, 0.2) is 0 Å². The van der Waals surface area contributed by atoms with Crippen LogP contribution in [0.25, 0.3) is 0 Å². The Morgan fingerprint density at radius 1 is 1.50 bits per heavy atom. The maximum Gasteiger partial charge on any atom is 0.0621 e. The molecule has 0 aromatic heterocycles. The van der Waals surface area contributed by atoms with Gasteiger partial charge in [-0.2, -0.15) is 5.26 Å². The maximum absolute atomic E-state index is 8.33. The zero-order chi connectivity index (χ0) is 7.94. The summed E-state index contributed by atoms with van der Waals surface area (Å²) in [6.45, 7) is 2.36. The third kappa shape index (κ3) is 4.58. The van der Waals surface area contributed by atoms with Gasteiger partial charge >= 0.3 is 0 Å². The van der Waals surface area contributed by atoms with Gasteiger partial charge in [-0.15, -0.1) is 12.4 Å². The van der Waals surface area contributed by atoms with Crippen LogP contribution in [0.5, 0.6) is 0 Å². The molecular formula is C9H17ClN2. The summed E-state index contributed by atoms with van der Waals surface area (Å²) in [4.78, 5) is 0. The zero-order valence-electron chi connectivity index (χ0n) is 7.38. The molecule has 0 spiro atoms. The van der Waals surface area contributed by atoms with Crippen LogP contribution in [-0.2, 0) is 0 Å². The molecule has 2 nitrogen and oxygen atoms in total. The van der Waals surface area contributed by atoms with E-state index in [0.717, 1.165) is 18.8 Å². The average Bonchev–Trinajstić information content (AvgIpc) is 2.07. The largest absolute Gasteiger partial charge is 0.316 e. The lowest BCUT2D eigenvalue weighted by molar-refractivity contribution is 0.352. The van der Waals surface area contributed by atoms with Gasteiger partial charge in [0.05, 0.1) is 6.07 Å². The molecule has 0 saturated carbocycles. The minimum atomic E-state index is 0. The fraction of sp³-hybridized carbons (Fsp3) is 0.889. The molecule has 1 unspecified atom stereocenters. The van der Waals surface area contributed by atoms with Gasteiger partial charge in [0.15, 0.2) is 0 Å². The molecule has 0 aliphatic carbocycles. The molecule has 1 rings (SSSR count). The van der Waals surface area contributed by atoms with Crippen LogP contribution in [0.4, 0.5) is 0 Å². The molecule has 12 heavy (non-hydrogen) atoms. The Bertz CT molecular complexity index is 136. The molecule has 0 bridgehead atoms. The highest BCUT2D eigenvalue weighted by atomic mass is 35.5. The zero-order valence-corrected chi connectivity index (χ0v) is 8.20. The average molecular weight is 189 g/mol. The molecular weight excluding hydrogens is 172 g/mol. The first-order valence-electron chi connectivity index (χ1n) is 4.51. The van der Waals surface area contributed by atoms with Gasteiger partial charge in [0.2, 0.25) is 0 Å². The number of nitrogens with one attached hydrogen (secondary N) is 1. The number of hydrogen-bond acceptors (Lipinski definition) is 2. The van der Waals surface area contributed by atoms with E-state index in [-0.39, 0.29) is 12.4 Å². The molecule has 1 fully saturated rings. The number of unbranched alkanes of at least 4 members (excludes halogenated alkanes) is 1. The summed E-state index contributed by atoms with van der Waals surface area (Å²) in [6, 6.07) is 2.19. The van der Waals surface area contributed by atoms with E-state index < -0.39 is 0 Å². The van der Waals surface area contributed by atoms with Gasteiger partial charge in [-0.3, -0.25) is 0 Å². The molecule has 1 aliphatic heterocycles. The van der Waals surface area contributed by atoms with Gasteiger partial charge in [0, 0.05) is 6.42 Å². The van der Waals surface area contributed by atoms with E-state index in [1.54, 1.807) is 0 Å². The molecule has 0 radical (unpaired) electrons. The first kappa shape index (κ1) is 11.7. The van der Waals surface area contributed by atoms with Crippen molar-refractivity contribution in [1.82, 2.24) is 5.32 Å². The third-order valence-corrected chi connectivity index (χ3v) is 2.30. The highest BCUT2D eigenvalue weighted by Crippen LogP contribution is 2.16. The van der Waals surface area contributed by atoms with Crippen molar-refractivity contribution in [2.75, 3.05) is 13.1 Å². The molecule has 1 heterocycles. The summed E-state index contributed by atoms with van der Waals surface area (Å²) < 4.78 is 0. The van der Waals surface area contributed by atoms with Crippen LogP contribution in [0.1, 0.15) is 32.1 Å². The van der Waals surface area contributed by atoms with Crippen LogP contribution >= 0.6 is 12.4 Å². The number of nitrogens with zero attached hydrogens (tertiary/aromatic N) is 1. The van der Waals surface area contributed by atoms with E-state index in [0.29, 0.717) is 0 Å². The Morgan fingerprint density at radius 3 is 2.92 bits per heavy atom. The Kier molecular flexibility index (Phi) is 7.23. The number of halogens is 1. The quantitative estimate of drug-likeness (QED) is 0.689. The molecule has 0 aromatic carbocycles. The fourth-order valence-electron chi connectivity index (χ4n) is 1.64. The van der Waals surface area contributed by atoms with Crippen LogP contribution in [0, 0.1) is 17.2 Å². The van der Waals surface area contributed by atoms with Gasteiger partial charge in [-0.1, -0.05) is 0 Å². The monoisotopic (exact) mass is 188 g/mol. The van der Waals surface area contributed by atoms with E-state index in [9.17, 15) is 0 Å². The second kappa shape index (κ2) is 7.39. The molecule has 70 valence electrons. The van der Waals surface area contributed by atoms with Crippen molar-refractivity contribution in [1.29, 1.82) is 5.26 Å². The van der Waals surface area contributed by atoms with E-state index in [1.165, 1.54) is 32.4 Å². The summed E-state index contributed by atoms with van der Waals surface area (Å²) in [5.41, 5.74) is 0. The van der Waals surface area contributed by atoms with Crippen molar-refractivity contribution >= 4 is 12.4 Å². The molecule has 1 N–H and O–H groups in total. The number of hydrogen-bond donors (Lipinski definition) is 1. The van der Waals surface area contributed by atoms with Crippen LogP contribution < -0.4 is 5.32 Å². The predicted molar refractivity (Wildman–Crippen MR) is 52.3 cm³/mol. The fourth-order valence-corrected chi connectivity index (χ4v) is 1.64. The van der Waals surface area contributed by atoms with Crippen molar-refractivity contribution in [3.63, 3.8) is 0 Å². The topological polar surface area (TPSA) is 35.8 Å². The third-order valence-electron chi connectivity index (χ3n) is 2.30. The smallest absolute Gasteiger partial charge is 0.0621 e. The van der Waals surface area contributed by atoms with Gasteiger partial charge in [0.25, 0.3) is 0 Å². The SMILES string of the molecule is Cl.N#CCCCC1CCCNC1. The maximum atomic E-state index is 8.33. The highest BCUT2D eigenvalue weighted by Gasteiger charge is 2.11. The first-order valence-corrected chi connectivity index (χ1v) is 4.51. The van der Waals surface area contributed by atoms with Crippen LogP contribution in [0.2, 0.25) is 0 Å². The van der Waals surface area contributed by atoms with Gasteiger partial charge in [-0.05, 0) is 44.7 Å². The van der Waals surface area contributed by atoms with Crippen molar-refractivity contribution in [2.45, 2.75) is 32.1 Å². The normalized spacial score (nSPS) is 22.4. The Balaban J connectivity index is 0.00000121. The van der Waals surface area contributed by atoms with E-state index in [1.807, 2.05) is 0 Å². The summed E-state index contributed by atoms with van der Waals surface area (Å²) in [6.07, 6.45) is 5.73. The van der Waals surface area contributed by atoms with E-state index >= 15 is 0 Å². The van der Waals surface area contributed by atoms with Crippen molar-refractivity contribution in [2.24, 2.45) is 5.92 Å². The van der Waals surface area contributed by atoms with Crippen molar-refractivity contribution in [3.05, 3.63) is 0 Å². The van der Waals surface area contributed by atoms with Crippen LogP contribution in [0.3, 0.4) is 0 Å². The van der Waals surface area contributed by atoms with Gasteiger partial charge in [0.1, 0.15) is 0 Å². The van der Waals surface area contributed by atoms with Crippen LogP contribution in [-0.4, -0.2) is 13.1 Å². The van der Waals surface area contributed by atoms with Gasteiger partial charge < -0.3 is 5.32 Å². The van der Waals surface area contributed by atoms with Crippen molar-refractivity contribution < 1.29 is 0 Å². The summed E-state index contributed by atoms with van der Waals surface area (Å²) in [5, 5.41) is 11.7. The predicted octanol–water partition coefficient (Wildman–Crippen LogP) is 2.10. The van der Waals surface area contributed by atoms with Crippen molar-refractivity contribution in [3.8, 4) is 6.07 Å².